The van der Waals surface area contributed by atoms with Crippen LogP contribution in [0.25, 0.3) is 0 Å². The fraction of sp³-hybridized carbons (Fsp3) is 0.267. The molecule has 2 aromatic rings. The topological polar surface area (TPSA) is 85.1 Å². The molecule has 0 radical (unpaired) electrons. The molecular formula is C15H19N3O2S. The first-order valence-corrected chi connectivity index (χ1v) is 8.16. The third-order valence-corrected chi connectivity index (χ3v) is 4.93. The van der Waals surface area contributed by atoms with Crippen molar-refractivity contribution in [2.24, 2.45) is 5.73 Å². The molecule has 2 rings (SSSR count). The van der Waals surface area contributed by atoms with Gasteiger partial charge >= 0.3 is 0 Å². The number of aryl methyl sites for hydroxylation is 1. The average Bonchev–Trinajstić information content (AvgIpc) is 2.47. The Hall–Kier alpha value is -1.76. The SMILES string of the molecule is Cc1ccccc1C(C)NS(=O)(=O)c1cccnc1CN. The smallest absolute Gasteiger partial charge is 0.242 e. The van der Waals surface area contributed by atoms with Crippen LogP contribution in [0.5, 0.6) is 0 Å². The van der Waals surface area contributed by atoms with Gasteiger partial charge in [-0.1, -0.05) is 24.3 Å². The number of benzene rings is 1. The lowest BCUT2D eigenvalue weighted by molar-refractivity contribution is 0.564. The van der Waals surface area contributed by atoms with Gasteiger partial charge in [-0.15, -0.1) is 0 Å². The van der Waals surface area contributed by atoms with E-state index in [9.17, 15) is 8.42 Å². The van der Waals surface area contributed by atoms with Crippen molar-refractivity contribution in [3.05, 3.63) is 59.4 Å². The Balaban J connectivity index is 2.32. The molecule has 1 unspecified atom stereocenters. The summed E-state index contributed by atoms with van der Waals surface area (Å²) in [7, 11) is -3.66. The highest BCUT2D eigenvalue weighted by molar-refractivity contribution is 7.89. The average molecular weight is 305 g/mol. The number of rotatable bonds is 5. The minimum Gasteiger partial charge on any atom is -0.325 e. The van der Waals surface area contributed by atoms with Gasteiger partial charge in [-0.2, -0.15) is 0 Å². The van der Waals surface area contributed by atoms with Crippen molar-refractivity contribution < 1.29 is 8.42 Å². The third-order valence-electron chi connectivity index (χ3n) is 3.32. The lowest BCUT2D eigenvalue weighted by atomic mass is 10.0. The van der Waals surface area contributed by atoms with Gasteiger partial charge in [0, 0.05) is 18.8 Å². The molecule has 1 atom stereocenters. The van der Waals surface area contributed by atoms with Crippen molar-refractivity contribution in [1.29, 1.82) is 0 Å². The predicted molar refractivity (Wildman–Crippen MR) is 82.0 cm³/mol. The van der Waals surface area contributed by atoms with Gasteiger partial charge in [-0.3, -0.25) is 4.98 Å². The summed E-state index contributed by atoms with van der Waals surface area (Å²) < 4.78 is 27.7. The van der Waals surface area contributed by atoms with Crippen LogP contribution >= 0.6 is 0 Å². The van der Waals surface area contributed by atoms with Crippen molar-refractivity contribution in [2.45, 2.75) is 31.3 Å². The first-order valence-electron chi connectivity index (χ1n) is 6.67. The molecule has 5 nitrogen and oxygen atoms in total. The Kier molecular flexibility index (Phi) is 4.72. The molecule has 6 heteroatoms. The fourth-order valence-corrected chi connectivity index (χ4v) is 3.68. The second kappa shape index (κ2) is 6.34. The van der Waals surface area contributed by atoms with E-state index in [-0.39, 0.29) is 17.5 Å². The molecule has 1 aromatic heterocycles. The van der Waals surface area contributed by atoms with Crippen LogP contribution in [-0.4, -0.2) is 13.4 Å². The maximum atomic E-state index is 12.5. The van der Waals surface area contributed by atoms with E-state index in [1.54, 1.807) is 6.07 Å². The Bertz CT molecular complexity index is 729. The lowest BCUT2D eigenvalue weighted by Crippen LogP contribution is -2.28. The number of aromatic nitrogens is 1. The fourth-order valence-electron chi connectivity index (χ4n) is 2.25. The van der Waals surface area contributed by atoms with Gasteiger partial charge in [0.1, 0.15) is 4.90 Å². The summed E-state index contributed by atoms with van der Waals surface area (Å²) in [6.07, 6.45) is 1.53. The monoisotopic (exact) mass is 305 g/mol. The van der Waals surface area contributed by atoms with Gasteiger partial charge in [0.2, 0.25) is 10.0 Å². The highest BCUT2D eigenvalue weighted by atomic mass is 32.2. The summed E-state index contributed by atoms with van der Waals surface area (Å²) in [6, 6.07) is 10.5. The first kappa shape index (κ1) is 15.6. The number of nitrogens with two attached hydrogens (primary N) is 1. The normalized spacial score (nSPS) is 13.1. The van der Waals surface area contributed by atoms with Gasteiger partial charge in [-0.05, 0) is 37.1 Å². The van der Waals surface area contributed by atoms with E-state index in [2.05, 4.69) is 9.71 Å². The van der Waals surface area contributed by atoms with Crippen LogP contribution in [0.3, 0.4) is 0 Å². The molecule has 0 saturated heterocycles. The second-order valence-corrected chi connectivity index (χ2v) is 6.53. The molecule has 1 aromatic carbocycles. The van der Waals surface area contributed by atoms with E-state index in [0.717, 1.165) is 11.1 Å². The maximum absolute atomic E-state index is 12.5. The largest absolute Gasteiger partial charge is 0.325 e. The minimum atomic E-state index is -3.66. The van der Waals surface area contributed by atoms with E-state index in [4.69, 9.17) is 5.73 Å². The van der Waals surface area contributed by atoms with Crippen LogP contribution in [-0.2, 0) is 16.6 Å². The predicted octanol–water partition coefficient (Wildman–Crippen LogP) is 1.89. The number of nitrogens with one attached hydrogen (secondary N) is 1. The third kappa shape index (κ3) is 3.47. The molecule has 112 valence electrons. The number of hydrogen-bond acceptors (Lipinski definition) is 4. The molecule has 1 heterocycles. The first-order chi connectivity index (χ1) is 9.95. The lowest BCUT2D eigenvalue weighted by Gasteiger charge is -2.17. The van der Waals surface area contributed by atoms with Gasteiger partial charge in [0.05, 0.1) is 5.69 Å². The summed E-state index contributed by atoms with van der Waals surface area (Å²) in [5.41, 5.74) is 7.91. The van der Waals surface area contributed by atoms with Crippen molar-refractivity contribution >= 4 is 10.0 Å². The van der Waals surface area contributed by atoms with Crippen molar-refractivity contribution in [3.63, 3.8) is 0 Å². The summed E-state index contributed by atoms with van der Waals surface area (Å²) in [5, 5.41) is 0. The highest BCUT2D eigenvalue weighted by Crippen LogP contribution is 2.20. The van der Waals surface area contributed by atoms with E-state index in [1.165, 1.54) is 12.3 Å². The number of nitrogens with zero attached hydrogens (tertiary/aromatic N) is 1. The van der Waals surface area contributed by atoms with Gasteiger partial charge in [0.25, 0.3) is 0 Å². The van der Waals surface area contributed by atoms with Crippen LogP contribution in [0.1, 0.15) is 29.8 Å². The van der Waals surface area contributed by atoms with Gasteiger partial charge in [-0.25, -0.2) is 13.1 Å². The summed E-state index contributed by atoms with van der Waals surface area (Å²) in [5.74, 6) is 0. The molecule has 0 aliphatic heterocycles. The molecule has 0 amide bonds. The summed E-state index contributed by atoms with van der Waals surface area (Å²) in [6.45, 7) is 3.85. The molecule has 3 N–H and O–H groups in total. The number of pyridine rings is 1. The van der Waals surface area contributed by atoms with E-state index < -0.39 is 10.0 Å². The quantitative estimate of drug-likeness (QED) is 0.883. The summed E-state index contributed by atoms with van der Waals surface area (Å²) in [4.78, 5) is 4.15. The number of hydrogen-bond donors (Lipinski definition) is 2. The van der Waals surface area contributed by atoms with Crippen LogP contribution in [0.4, 0.5) is 0 Å². The van der Waals surface area contributed by atoms with Crippen molar-refractivity contribution in [1.82, 2.24) is 9.71 Å². The standard InChI is InChI=1S/C15H19N3O2S/c1-11-6-3-4-7-13(11)12(2)18-21(19,20)15-8-5-9-17-14(15)10-16/h3-9,12,18H,10,16H2,1-2H3. The van der Waals surface area contributed by atoms with Crippen LogP contribution in [0, 0.1) is 6.92 Å². The van der Waals surface area contributed by atoms with E-state index in [0.29, 0.717) is 5.69 Å². The van der Waals surface area contributed by atoms with Crippen molar-refractivity contribution in [2.75, 3.05) is 0 Å². The molecular weight excluding hydrogens is 286 g/mol. The molecule has 0 aliphatic rings. The summed E-state index contributed by atoms with van der Waals surface area (Å²) >= 11 is 0. The zero-order valence-corrected chi connectivity index (χ0v) is 12.9. The zero-order chi connectivity index (χ0) is 15.5. The number of sulfonamides is 1. The van der Waals surface area contributed by atoms with Crippen LogP contribution in [0.15, 0.2) is 47.5 Å². The molecule has 0 bridgehead atoms. The highest BCUT2D eigenvalue weighted by Gasteiger charge is 2.22. The van der Waals surface area contributed by atoms with Gasteiger partial charge < -0.3 is 5.73 Å². The molecule has 0 saturated carbocycles. The van der Waals surface area contributed by atoms with Crippen molar-refractivity contribution in [3.8, 4) is 0 Å². The Morgan fingerprint density at radius 1 is 1.24 bits per heavy atom. The van der Waals surface area contributed by atoms with E-state index in [1.807, 2.05) is 38.1 Å². The Morgan fingerprint density at radius 3 is 2.62 bits per heavy atom. The van der Waals surface area contributed by atoms with Crippen LogP contribution in [0.2, 0.25) is 0 Å². The van der Waals surface area contributed by atoms with Crippen LogP contribution < -0.4 is 10.5 Å². The Morgan fingerprint density at radius 2 is 1.95 bits per heavy atom. The molecule has 0 spiro atoms. The van der Waals surface area contributed by atoms with Gasteiger partial charge in [0.15, 0.2) is 0 Å². The second-order valence-electron chi connectivity index (χ2n) is 4.85. The molecule has 0 aliphatic carbocycles. The molecule has 21 heavy (non-hydrogen) atoms. The van der Waals surface area contributed by atoms with E-state index >= 15 is 0 Å². The Labute approximate surface area is 125 Å². The maximum Gasteiger partial charge on any atom is 0.242 e. The molecule has 0 fully saturated rings. The zero-order valence-electron chi connectivity index (χ0n) is 12.1. The minimum absolute atomic E-state index is 0.0792.